The standard InChI is InChI=1S/C21H15FN2O2S/c1-26-18-11-10-13-6-2-3-7-14(13)15(18)12-19-20(25)24-21(27-19)23-17-9-5-4-8-16(17)22/h2-12H,1H3,(H,23,24,25)/b19-12-. The summed E-state index contributed by atoms with van der Waals surface area (Å²) in [5, 5.41) is 5.06. The number of hydrogen-bond acceptors (Lipinski definition) is 4. The highest BCUT2D eigenvalue weighted by molar-refractivity contribution is 8.18. The predicted octanol–water partition coefficient (Wildman–Crippen LogP) is 4.88. The fourth-order valence-corrected chi connectivity index (χ4v) is 3.68. The van der Waals surface area contributed by atoms with Crippen LogP contribution in [-0.2, 0) is 4.79 Å². The van der Waals surface area contributed by atoms with E-state index in [-0.39, 0.29) is 11.6 Å². The van der Waals surface area contributed by atoms with Crippen LogP contribution in [0.4, 0.5) is 10.1 Å². The quantitative estimate of drug-likeness (QED) is 0.661. The van der Waals surface area contributed by atoms with Crippen LogP contribution < -0.4 is 10.1 Å². The number of methoxy groups -OCH3 is 1. The van der Waals surface area contributed by atoms with Crippen LogP contribution >= 0.6 is 11.8 Å². The maximum absolute atomic E-state index is 13.8. The molecule has 27 heavy (non-hydrogen) atoms. The lowest BCUT2D eigenvalue weighted by Crippen LogP contribution is -2.19. The topological polar surface area (TPSA) is 50.7 Å². The Balaban J connectivity index is 1.74. The van der Waals surface area contributed by atoms with E-state index < -0.39 is 5.82 Å². The van der Waals surface area contributed by atoms with Crippen LogP contribution in [0.5, 0.6) is 5.75 Å². The van der Waals surface area contributed by atoms with Crippen LogP contribution in [0.3, 0.4) is 0 Å². The van der Waals surface area contributed by atoms with Gasteiger partial charge in [0.05, 0.1) is 12.0 Å². The first-order valence-corrected chi connectivity index (χ1v) is 9.07. The summed E-state index contributed by atoms with van der Waals surface area (Å²) in [6, 6.07) is 17.9. The molecule has 3 aromatic rings. The SMILES string of the molecule is COc1ccc2ccccc2c1/C=C1\SC(=Nc2ccccc2F)NC1=O. The number of carbonyl (C=O) groups is 1. The van der Waals surface area contributed by atoms with Gasteiger partial charge in [0.25, 0.3) is 5.91 Å². The van der Waals surface area contributed by atoms with E-state index in [9.17, 15) is 9.18 Å². The molecule has 0 saturated carbocycles. The Hall–Kier alpha value is -3.12. The molecule has 134 valence electrons. The molecule has 4 nitrogen and oxygen atoms in total. The van der Waals surface area contributed by atoms with Gasteiger partial charge in [-0.05, 0) is 46.8 Å². The van der Waals surface area contributed by atoms with Crippen molar-refractivity contribution in [2.24, 2.45) is 4.99 Å². The van der Waals surface area contributed by atoms with Gasteiger partial charge >= 0.3 is 0 Å². The Morgan fingerprint density at radius 2 is 1.85 bits per heavy atom. The number of amides is 1. The molecule has 1 aliphatic rings. The van der Waals surface area contributed by atoms with Crippen LogP contribution in [0.25, 0.3) is 16.8 Å². The number of hydrogen-bond donors (Lipinski definition) is 1. The van der Waals surface area contributed by atoms with E-state index >= 15 is 0 Å². The lowest BCUT2D eigenvalue weighted by molar-refractivity contribution is -0.115. The average molecular weight is 378 g/mol. The van der Waals surface area contributed by atoms with E-state index in [0.29, 0.717) is 15.8 Å². The van der Waals surface area contributed by atoms with E-state index in [0.717, 1.165) is 16.3 Å². The lowest BCUT2D eigenvalue weighted by Gasteiger charge is -2.09. The number of benzene rings is 3. The zero-order chi connectivity index (χ0) is 18.8. The summed E-state index contributed by atoms with van der Waals surface area (Å²) in [5.41, 5.74) is 1.00. The normalized spacial score (nSPS) is 16.9. The largest absolute Gasteiger partial charge is 0.496 e. The molecule has 1 N–H and O–H groups in total. The second-order valence-corrected chi connectivity index (χ2v) is 6.87. The molecule has 4 rings (SSSR count). The Bertz CT molecular complexity index is 1110. The molecule has 6 heteroatoms. The highest BCUT2D eigenvalue weighted by Gasteiger charge is 2.25. The monoisotopic (exact) mass is 378 g/mol. The van der Waals surface area contributed by atoms with Gasteiger partial charge in [0.2, 0.25) is 0 Å². The Labute approximate surface area is 159 Å². The Morgan fingerprint density at radius 3 is 2.67 bits per heavy atom. The van der Waals surface area contributed by atoms with Crippen LogP contribution in [-0.4, -0.2) is 18.2 Å². The van der Waals surface area contributed by atoms with Crippen LogP contribution in [0.1, 0.15) is 5.56 Å². The minimum atomic E-state index is -0.437. The summed E-state index contributed by atoms with van der Waals surface area (Å²) >= 11 is 1.17. The molecular formula is C21H15FN2O2S. The Morgan fingerprint density at radius 1 is 1.07 bits per heavy atom. The van der Waals surface area contributed by atoms with Crippen LogP contribution in [0, 0.1) is 5.82 Å². The van der Waals surface area contributed by atoms with Crippen molar-refractivity contribution in [3.63, 3.8) is 0 Å². The number of carbonyl (C=O) groups excluding carboxylic acids is 1. The van der Waals surface area contributed by atoms with Crippen molar-refractivity contribution >= 4 is 45.4 Å². The molecule has 0 radical (unpaired) electrons. The number of thioether (sulfide) groups is 1. The third-order valence-corrected chi connectivity index (χ3v) is 5.06. The fraction of sp³-hybridized carbons (Fsp3) is 0.0476. The molecule has 0 spiro atoms. The number of nitrogens with one attached hydrogen (secondary N) is 1. The van der Waals surface area contributed by atoms with Gasteiger partial charge in [-0.25, -0.2) is 9.38 Å². The average Bonchev–Trinajstić information content (AvgIpc) is 3.03. The van der Waals surface area contributed by atoms with Gasteiger partial charge in [0, 0.05) is 5.56 Å². The van der Waals surface area contributed by atoms with E-state index in [2.05, 4.69) is 10.3 Å². The third-order valence-electron chi connectivity index (χ3n) is 4.15. The molecular weight excluding hydrogens is 363 g/mol. The maximum atomic E-state index is 13.8. The van der Waals surface area contributed by atoms with Gasteiger partial charge in [-0.1, -0.05) is 42.5 Å². The smallest absolute Gasteiger partial charge is 0.264 e. The van der Waals surface area contributed by atoms with E-state index in [1.165, 1.54) is 17.8 Å². The number of halogens is 1. The molecule has 0 aromatic heterocycles. The van der Waals surface area contributed by atoms with Crippen LogP contribution in [0.15, 0.2) is 70.6 Å². The lowest BCUT2D eigenvalue weighted by atomic mass is 10.0. The number of aliphatic imine (C=N–C) groups is 1. The van der Waals surface area contributed by atoms with Crippen molar-refractivity contribution in [2.45, 2.75) is 0 Å². The van der Waals surface area contributed by atoms with Crippen molar-refractivity contribution in [1.82, 2.24) is 5.32 Å². The van der Waals surface area contributed by atoms with Gasteiger partial charge in [-0.15, -0.1) is 0 Å². The van der Waals surface area contributed by atoms with E-state index in [4.69, 9.17) is 4.74 Å². The maximum Gasteiger partial charge on any atom is 0.264 e. The molecule has 1 heterocycles. The van der Waals surface area contributed by atoms with Gasteiger partial charge < -0.3 is 10.1 Å². The number of fused-ring (bicyclic) bond motifs is 1. The highest BCUT2D eigenvalue weighted by atomic mass is 32.2. The molecule has 1 amide bonds. The molecule has 1 aliphatic heterocycles. The summed E-state index contributed by atoms with van der Waals surface area (Å²) in [6.45, 7) is 0. The van der Waals surface area contributed by atoms with Gasteiger partial charge in [0.1, 0.15) is 17.3 Å². The molecule has 1 fully saturated rings. The zero-order valence-corrected chi connectivity index (χ0v) is 15.2. The van der Waals surface area contributed by atoms with E-state index in [1.807, 2.05) is 36.4 Å². The van der Waals surface area contributed by atoms with Gasteiger partial charge in [-0.3, -0.25) is 4.79 Å². The second kappa shape index (κ2) is 7.25. The third kappa shape index (κ3) is 3.44. The fourth-order valence-electron chi connectivity index (χ4n) is 2.87. The minimum Gasteiger partial charge on any atom is -0.496 e. The number of ether oxygens (including phenoxy) is 1. The van der Waals surface area contributed by atoms with Gasteiger partial charge in [-0.2, -0.15) is 0 Å². The van der Waals surface area contributed by atoms with Crippen molar-refractivity contribution in [3.05, 3.63) is 76.9 Å². The number of amidine groups is 1. The minimum absolute atomic E-state index is 0.185. The van der Waals surface area contributed by atoms with Crippen LogP contribution in [0.2, 0.25) is 0 Å². The summed E-state index contributed by atoms with van der Waals surface area (Å²) in [7, 11) is 1.60. The van der Waals surface area contributed by atoms with Crippen molar-refractivity contribution in [3.8, 4) is 5.75 Å². The highest BCUT2D eigenvalue weighted by Crippen LogP contribution is 2.34. The molecule has 0 bridgehead atoms. The first-order chi connectivity index (χ1) is 13.2. The summed E-state index contributed by atoms with van der Waals surface area (Å²) < 4.78 is 19.3. The first kappa shape index (κ1) is 17.3. The summed E-state index contributed by atoms with van der Waals surface area (Å²) in [6.07, 6.45) is 1.78. The summed E-state index contributed by atoms with van der Waals surface area (Å²) in [5.74, 6) is -0.0350. The number of para-hydroxylation sites is 1. The van der Waals surface area contributed by atoms with Gasteiger partial charge in [0.15, 0.2) is 5.17 Å². The number of nitrogens with zero attached hydrogens (tertiary/aromatic N) is 1. The first-order valence-electron chi connectivity index (χ1n) is 8.25. The van der Waals surface area contributed by atoms with E-state index in [1.54, 1.807) is 31.4 Å². The predicted molar refractivity (Wildman–Crippen MR) is 108 cm³/mol. The van der Waals surface area contributed by atoms with Crippen molar-refractivity contribution in [1.29, 1.82) is 0 Å². The molecule has 1 saturated heterocycles. The molecule has 0 atom stereocenters. The molecule has 0 aliphatic carbocycles. The summed E-state index contributed by atoms with van der Waals surface area (Å²) in [4.78, 5) is 17.1. The molecule has 3 aromatic carbocycles. The van der Waals surface area contributed by atoms with Crippen molar-refractivity contribution in [2.75, 3.05) is 7.11 Å². The van der Waals surface area contributed by atoms with Crippen molar-refractivity contribution < 1.29 is 13.9 Å². The Kier molecular flexibility index (Phi) is 4.64. The second-order valence-electron chi connectivity index (χ2n) is 5.84. The number of rotatable bonds is 3. The zero-order valence-electron chi connectivity index (χ0n) is 14.4. The molecule has 0 unspecified atom stereocenters.